The van der Waals surface area contributed by atoms with Gasteiger partial charge in [0.05, 0.1) is 47.7 Å². The number of aldehydes is 1. The molecule has 3 heterocycles. The van der Waals surface area contributed by atoms with Gasteiger partial charge < -0.3 is 23.4 Å². The molecule has 1 aliphatic rings. The normalized spacial score (nSPS) is 13.7. The second kappa shape index (κ2) is 11.1. The quantitative estimate of drug-likeness (QED) is 0.387. The fraction of sp³-hybridized carbons (Fsp3) is 0.292. The third-order valence-corrected chi connectivity index (χ3v) is 5.37. The van der Waals surface area contributed by atoms with Crippen molar-refractivity contribution in [3.8, 4) is 0 Å². The Morgan fingerprint density at radius 1 is 0.857 bits per heavy atom. The third-order valence-electron chi connectivity index (χ3n) is 5.37. The molecule has 0 bridgehead atoms. The average Bonchev–Trinajstić information content (AvgIpc) is 3.37. The molecular weight excluding hydrogens is 462 g/mol. The fourth-order valence-electron chi connectivity index (χ4n) is 3.73. The molecule has 1 saturated heterocycles. The van der Waals surface area contributed by atoms with E-state index in [4.69, 9.17) is 9.47 Å². The van der Waals surface area contributed by atoms with E-state index in [9.17, 15) is 23.2 Å². The van der Waals surface area contributed by atoms with Gasteiger partial charge in [-0.15, -0.1) is 0 Å². The third kappa shape index (κ3) is 5.81. The van der Waals surface area contributed by atoms with Crippen LogP contribution in [0.2, 0.25) is 0 Å². The van der Waals surface area contributed by atoms with E-state index in [0.29, 0.717) is 48.2 Å². The molecule has 2 aromatic heterocycles. The Hall–Kier alpha value is -3.83. The van der Waals surface area contributed by atoms with Gasteiger partial charge in [0, 0.05) is 38.1 Å². The minimum absolute atomic E-state index is 0.211. The predicted octanol–water partition coefficient (Wildman–Crippen LogP) is 2.42. The van der Waals surface area contributed by atoms with Crippen LogP contribution in [0, 0.1) is 11.6 Å². The zero-order valence-electron chi connectivity index (χ0n) is 18.6. The number of benzene rings is 2. The van der Waals surface area contributed by atoms with Crippen LogP contribution in [0.4, 0.5) is 8.78 Å². The first kappa shape index (κ1) is 24.3. The van der Waals surface area contributed by atoms with Crippen molar-refractivity contribution >= 4 is 28.4 Å². The lowest BCUT2D eigenvalue weighted by Crippen LogP contribution is -2.23. The van der Waals surface area contributed by atoms with E-state index in [0.717, 1.165) is 12.5 Å². The Balaban J connectivity index is 0.000000168. The highest BCUT2D eigenvalue weighted by molar-refractivity contribution is 5.75. The molecule has 0 radical (unpaired) electrons. The van der Waals surface area contributed by atoms with Gasteiger partial charge in [-0.3, -0.25) is 9.59 Å². The van der Waals surface area contributed by atoms with E-state index in [1.807, 2.05) is 0 Å². The molecule has 11 heteroatoms. The second-order valence-electron chi connectivity index (χ2n) is 7.68. The summed E-state index contributed by atoms with van der Waals surface area (Å²) in [5.41, 5.74) is 1.53. The summed E-state index contributed by atoms with van der Waals surface area (Å²) in [7, 11) is 0. The van der Waals surface area contributed by atoms with Crippen molar-refractivity contribution in [2.45, 2.75) is 32.2 Å². The lowest BCUT2D eigenvalue weighted by Gasteiger charge is -2.12. The van der Waals surface area contributed by atoms with Gasteiger partial charge >= 0.3 is 0 Å². The lowest BCUT2D eigenvalue weighted by atomic mass is 10.2. The largest absolute Gasteiger partial charge is 0.350 e. The van der Waals surface area contributed by atoms with Crippen molar-refractivity contribution < 1.29 is 23.0 Å². The van der Waals surface area contributed by atoms with Crippen LogP contribution in [0.5, 0.6) is 0 Å². The van der Waals surface area contributed by atoms with Crippen molar-refractivity contribution in [2.24, 2.45) is 0 Å². The zero-order valence-corrected chi connectivity index (χ0v) is 18.6. The van der Waals surface area contributed by atoms with Crippen LogP contribution in [-0.2, 0) is 27.4 Å². The summed E-state index contributed by atoms with van der Waals surface area (Å²) in [5, 5.41) is 0. The molecule has 0 aliphatic carbocycles. The molecule has 0 amide bonds. The van der Waals surface area contributed by atoms with Crippen LogP contribution >= 0.6 is 0 Å². The number of carbonyl (C=O) groups excluding carboxylic acids is 1. The monoisotopic (exact) mass is 484 g/mol. The summed E-state index contributed by atoms with van der Waals surface area (Å²) in [4.78, 5) is 41.4. The van der Waals surface area contributed by atoms with Crippen LogP contribution in [0.15, 0.2) is 58.4 Å². The zero-order chi connectivity index (χ0) is 24.8. The second-order valence-corrected chi connectivity index (χ2v) is 7.68. The molecule has 0 saturated carbocycles. The summed E-state index contributed by atoms with van der Waals surface area (Å²) < 4.78 is 39.7. The summed E-state index contributed by atoms with van der Waals surface area (Å²) >= 11 is 0. The number of aromatic nitrogens is 4. The van der Waals surface area contributed by atoms with Crippen LogP contribution in [-0.4, -0.2) is 44.9 Å². The number of ether oxygens (including phenoxy) is 2. The van der Waals surface area contributed by atoms with Gasteiger partial charge in [-0.05, 0) is 24.3 Å². The topological polar surface area (TPSA) is 105 Å². The highest BCUT2D eigenvalue weighted by Gasteiger charge is 2.16. The van der Waals surface area contributed by atoms with E-state index in [1.165, 1.54) is 41.1 Å². The van der Waals surface area contributed by atoms with Gasteiger partial charge in [0.15, 0.2) is 6.29 Å². The Labute approximate surface area is 197 Å². The molecule has 0 unspecified atom stereocenters. The van der Waals surface area contributed by atoms with E-state index in [2.05, 4.69) is 9.97 Å². The molecule has 0 atom stereocenters. The summed E-state index contributed by atoms with van der Waals surface area (Å²) in [6.07, 6.45) is 3.63. The number of aryl methyl sites for hydroxylation is 2. The number of hydrogen-bond acceptors (Lipinski definition) is 7. The van der Waals surface area contributed by atoms with Gasteiger partial charge in [0.2, 0.25) is 0 Å². The Bertz CT molecular complexity index is 1460. The van der Waals surface area contributed by atoms with Crippen molar-refractivity contribution in [3.63, 3.8) is 0 Å². The maximum absolute atomic E-state index is 13.1. The first-order valence-corrected chi connectivity index (χ1v) is 10.9. The SMILES string of the molecule is O=CCCn1c(=O)cnc2cc(F)ccc21.O=c1cnc2cc(F)ccc2n1CCC1OCCO1. The van der Waals surface area contributed by atoms with Gasteiger partial charge in [-0.25, -0.2) is 18.7 Å². The predicted molar refractivity (Wildman–Crippen MR) is 123 cm³/mol. The minimum atomic E-state index is -0.402. The molecule has 5 rings (SSSR count). The van der Waals surface area contributed by atoms with Crippen molar-refractivity contribution in [1.82, 2.24) is 19.1 Å². The fourth-order valence-corrected chi connectivity index (χ4v) is 3.73. The number of nitrogens with zero attached hydrogens (tertiary/aromatic N) is 4. The minimum Gasteiger partial charge on any atom is -0.350 e. The molecule has 2 aromatic carbocycles. The molecule has 1 fully saturated rings. The highest BCUT2D eigenvalue weighted by Crippen LogP contribution is 2.14. The van der Waals surface area contributed by atoms with E-state index < -0.39 is 5.82 Å². The summed E-state index contributed by atoms with van der Waals surface area (Å²) in [6, 6.07) is 8.21. The van der Waals surface area contributed by atoms with Crippen molar-refractivity contribution in [2.75, 3.05) is 13.2 Å². The average molecular weight is 484 g/mol. The van der Waals surface area contributed by atoms with E-state index in [1.54, 1.807) is 10.6 Å². The molecule has 4 aromatic rings. The van der Waals surface area contributed by atoms with Gasteiger partial charge in [0.25, 0.3) is 11.1 Å². The molecule has 35 heavy (non-hydrogen) atoms. The van der Waals surface area contributed by atoms with Crippen LogP contribution in [0.1, 0.15) is 12.8 Å². The highest BCUT2D eigenvalue weighted by atomic mass is 19.1. The van der Waals surface area contributed by atoms with Crippen LogP contribution in [0.25, 0.3) is 22.1 Å². The standard InChI is InChI=1S/C13H13FN2O3.C11H9FN2O2/c14-9-1-2-11-10(7-9)15-8-12(17)16(11)4-3-13-18-5-6-19-13;12-8-2-3-10-9(6-8)13-7-11(16)14(10)4-1-5-15/h1-2,7-8,13H,3-6H2;2-3,5-7H,1,4H2. The Kier molecular flexibility index (Phi) is 7.68. The molecule has 1 aliphatic heterocycles. The molecular formula is C24H22F2N4O5. The lowest BCUT2D eigenvalue weighted by molar-refractivity contribution is -0.108. The van der Waals surface area contributed by atoms with Crippen LogP contribution in [0.3, 0.4) is 0 Å². The first-order chi connectivity index (χ1) is 17.0. The number of carbonyl (C=O) groups is 1. The maximum atomic E-state index is 13.1. The summed E-state index contributed by atoms with van der Waals surface area (Å²) in [6.45, 7) is 1.91. The van der Waals surface area contributed by atoms with Gasteiger partial charge in [0.1, 0.15) is 17.9 Å². The van der Waals surface area contributed by atoms with Crippen molar-refractivity contribution in [1.29, 1.82) is 0 Å². The molecule has 182 valence electrons. The molecule has 9 nitrogen and oxygen atoms in total. The number of fused-ring (bicyclic) bond motifs is 2. The van der Waals surface area contributed by atoms with E-state index >= 15 is 0 Å². The van der Waals surface area contributed by atoms with Gasteiger partial charge in [-0.2, -0.15) is 0 Å². The summed E-state index contributed by atoms with van der Waals surface area (Å²) in [5.74, 6) is -0.770. The molecule has 0 spiro atoms. The smallest absolute Gasteiger partial charge is 0.269 e. The van der Waals surface area contributed by atoms with Crippen LogP contribution < -0.4 is 11.1 Å². The van der Waals surface area contributed by atoms with E-state index in [-0.39, 0.29) is 36.2 Å². The van der Waals surface area contributed by atoms with Crippen molar-refractivity contribution in [3.05, 3.63) is 81.1 Å². The Morgan fingerprint density at radius 3 is 1.89 bits per heavy atom. The first-order valence-electron chi connectivity index (χ1n) is 10.9. The maximum Gasteiger partial charge on any atom is 0.269 e. The van der Waals surface area contributed by atoms with Gasteiger partial charge in [-0.1, -0.05) is 0 Å². The Morgan fingerprint density at radius 2 is 1.37 bits per heavy atom. The number of halogens is 2. The number of rotatable bonds is 6. The molecule has 0 N–H and O–H groups in total. The number of hydrogen-bond donors (Lipinski definition) is 0.